The lowest BCUT2D eigenvalue weighted by Gasteiger charge is -2.26. The SMILES string of the molecule is Cc1ncc(OCC2CNC2)c(NF)n1. The van der Waals surface area contributed by atoms with E-state index in [1.54, 1.807) is 6.92 Å². The molecule has 0 saturated carbocycles. The minimum Gasteiger partial charge on any atom is -0.488 e. The Kier molecular flexibility index (Phi) is 2.96. The molecule has 1 aliphatic heterocycles. The first-order valence-electron chi connectivity index (χ1n) is 4.83. The summed E-state index contributed by atoms with van der Waals surface area (Å²) in [7, 11) is 0. The number of aromatic nitrogens is 2. The maximum Gasteiger partial charge on any atom is 0.200 e. The molecule has 0 spiro atoms. The van der Waals surface area contributed by atoms with Gasteiger partial charge >= 0.3 is 0 Å². The minimum absolute atomic E-state index is 0.0924. The van der Waals surface area contributed by atoms with E-state index in [-0.39, 0.29) is 5.82 Å². The summed E-state index contributed by atoms with van der Waals surface area (Å²) in [5.41, 5.74) is 1.50. The van der Waals surface area contributed by atoms with E-state index < -0.39 is 0 Å². The van der Waals surface area contributed by atoms with Crippen molar-refractivity contribution in [2.24, 2.45) is 5.92 Å². The predicted molar refractivity (Wildman–Crippen MR) is 53.4 cm³/mol. The van der Waals surface area contributed by atoms with E-state index in [4.69, 9.17) is 4.74 Å². The lowest BCUT2D eigenvalue weighted by Crippen LogP contribution is -2.45. The molecular weight excluding hydrogens is 199 g/mol. The zero-order chi connectivity index (χ0) is 10.7. The molecule has 2 rings (SSSR count). The van der Waals surface area contributed by atoms with Gasteiger partial charge in [-0.05, 0) is 6.92 Å². The van der Waals surface area contributed by atoms with Crippen LogP contribution in [0.3, 0.4) is 0 Å². The molecular formula is C9H13FN4O. The number of aryl methyl sites for hydroxylation is 1. The van der Waals surface area contributed by atoms with Gasteiger partial charge in [0.05, 0.1) is 12.8 Å². The lowest BCUT2D eigenvalue weighted by molar-refractivity contribution is 0.198. The Morgan fingerprint density at radius 3 is 3.07 bits per heavy atom. The quantitative estimate of drug-likeness (QED) is 0.719. The molecule has 1 aliphatic rings. The highest BCUT2D eigenvalue weighted by Gasteiger charge is 2.18. The van der Waals surface area contributed by atoms with Crippen LogP contribution < -0.4 is 15.6 Å². The predicted octanol–water partition coefficient (Wildman–Crippen LogP) is 0.680. The minimum atomic E-state index is 0.0924. The van der Waals surface area contributed by atoms with Gasteiger partial charge in [0.2, 0.25) is 0 Å². The molecule has 0 aliphatic carbocycles. The monoisotopic (exact) mass is 212 g/mol. The third kappa shape index (κ3) is 2.33. The Morgan fingerprint density at radius 1 is 1.67 bits per heavy atom. The van der Waals surface area contributed by atoms with Crippen molar-refractivity contribution in [3.8, 4) is 5.75 Å². The Balaban J connectivity index is 1.99. The molecule has 5 nitrogen and oxygen atoms in total. The van der Waals surface area contributed by atoms with Crippen molar-refractivity contribution in [1.29, 1.82) is 0 Å². The van der Waals surface area contributed by atoms with Gasteiger partial charge in [0.25, 0.3) is 0 Å². The van der Waals surface area contributed by atoms with Gasteiger partial charge in [-0.1, -0.05) is 0 Å². The maximum absolute atomic E-state index is 12.4. The summed E-state index contributed by atoms with van der Waals surface area (Å²) >= 11 is 0. The lowest BCUT2D eigenvalue weighted by atomic mass is 10.1. The van der Waals surface area contributed by atoms with Crippen LogP contribution in [0, 0.1) is 12.8 Å². The molecule has 0 amide bonds. The molecule has 2 heterocycles. The van der Waals surface area contributed by atoms with Gasteiger partial charge in [0, 0.05) is 19.0 Å². The standard InChI is InChI=1S/C9H13FN4O/c1-6-12-4-8(9(13-6)14-10)15-5-7-2-11-3-7/h4,7,11H,2-3,5H2,1H3,(H,12,13,14). The molecule has 0 unspecified atom stereocenters. The smallest absolute Gasteiger partial charge is 0.200 e. The van der Waals surface area contributed by atoms with Crippen molar-refractivity contribution in [3.63, 3.8) is 0 Å². The van der Waals surface area contributed by atoms with E-state index in [0.29, 0.717) is 24.1 Å². The van der Waals surface area contributed by atoms with Crippen molar-refractivity contribution < 1.29 is 9.22 Å². The fourth-order valence-corrected chi connectivity index (χ4v) is 1.31. The van der Waals surface area contributed by atoms with Gasteiger partial charge in [0.1, 0.15) is 5.82 Å². The van der Waals surface area contributed by atoms with E-state index in [1.807, 2.05) is 0 Å². The average Bonchev–Trinajstić information content (AvgIpc) is 2.17. The van der Waals surface area contributed by atoms with Crippen molar-refractivity contribution in [2.45, 2.75) is 6.92 Å². The molecule has 1 aromatic heterocycles. The molecule has 1 fully saturated rings. The number of rotatable bonds is 4. The molecule has 0 atom stereocenters. The topological polar surface area (TPSA) is 59.1 Å². The van der Waals surface area contributed by atoms with Crippen LogP contribution in [0.15, 0.2) is 6.20 Å². The highest BCUT2D eigenvalue weighted by atomic mass is 19.2. The summed E-state index contributed by atoms with van der Waals surface area (Å²) in [6, 6.07) is 0. The molecule has 82 valence electrons. The average molecular weight is 212 g/mol. The van der Waals surface area contributed by atoms with Gasteiger partial charge < -0.3 is 10.1 Å². The second-order valence-corrected chi connectivity index (χ2v) is 3.56. The second kappa shape index (κ2) is 4.39. The van der Waals surface area contributed by atoms with Crippen LogP contribution in [0.2, 0.25) is 0 Å². The molecule has 1 saturated heterocycles. The van der Waals surface area contributed by atoms with E-state index in [0.717, 1.165) is 13.1 Å². The van der Waals surface area contributed by atoms with Gasteiger partial charge in [0.15, 0.2) is 11.6 Å². The first kappa shape index (κ1) is 10.1. The molecule has 0 bridgehead atoms. The summed E-state index contributed by atoms with van der Waals surface area (Å²) in [4.78, 5) is 7.83. The molecule has 6 heteroatoms. The number of nitrogens with zero attached hydrogens (tertiary/aromatic N) is 2. The fraction of sp³-hybridized carbons (Fsp3) is 0.556. The van der Waals surface area contributed by atoms with Crippen LogP contribution in [0.1, 0.15) is 5.82 Å². The van der Waals surface area contributed by atoms with Crippen LogP contribution in [0.25, 0.3) is 0 Å². The highest BCUT2D eigenvalue weighted by molar-refractivity contribution is 5.46. The van der Waals surface area contributed by atoms with E-state index in [2.05, 4.69) is 15.3 Å². The van der Waals surface area contributed by atoms with Crippen molar-refractivity contribution in [2.75, 3.05) is 25.2 Å². The Bertz CT molecular complexity index is 343. The number of hydrogen-bond donors (Lipinski definition) is 2. The van der Waals surface area contributed by atoms with Gasteiger partial charge in [-0.15, -0.1) is 4.48 Å². The summed E-state index contributed by atoms with van der Waals surface area (Å²) in [5.74, 6) is 1.45. The Morgan fingerprint density at radius 2 is 2.47 bits per heavy atom. The van der Waals surface area contributed by atoms with Gasteiger partial charge in [-0.25, -0.2) is 15.5 Å². The third-order valence-corrected chi connectivity index (χ3v) is 2.31. The largest absolute Gasteiger partial charge is 0.488 e. The number of ether oxygens (including phenoxy) is 1. The van der Waals surface area contributed by atoms with Crippen LogP contribution in [0.5, 0.6) is 5.75 Å². The maximum atomic E-state index is 12.4. The van der Waals surface area contributed by atoms with Crippen LogP contribution >= 0.6 is 0 Å². The number of hydrogen-bond acceptors (Lipinski definition) is 5. The molecule has 0 aromatic carbocycles. The summed E-state index contributed by atoms with van der Waals surface area (Å²) in [6.45, 7) is 4.16. The summed E-state index contributed by atoms with van der Waals surface area (Å²) < 4.78 is 17.8. The second-order valence-electron chi connectivity index (χ2n) is 3.56. The van der Waals surface area contributed by atoms with Crippen molar-refractivity contribution >= 4 is 5.82 Å². The first-order valence-corrected chi connectivity index (χ1v) is 4.83. The molecule has 1 aromatic rings. The summed E-state index contributed by atoms with van der Waals surface area (Å²) in [6.07, 6.45) is 1.48. The first-order chi connectivity index (χ1) is 7.29. The van der Waals surface area contributed by atoms with Crippen molar-refractivity contribution in [1.82, 2.24) is 15.3 Å². The van der Waals surface area contributed by atoms with Gasteiger partial charge in [-0.2, -0.15) is 0 Å². The van der Waals surface area contributed by atoms with E-state index in [1.165, 1.54) is 11.7 Å². The number of anilines is 1. The van der Waals surface area contributed by atoms with E-state index in [9.17, 15) is 4.48 Å². The number of nitrogens with one attached hydrogen (secondary N) is 2. The number of halogens is 1. The highest BCUT2D eigenvalue weighted by Crippen LogP contribution is 2.21. The normalized spacial score (nSPS) is 15.9. The van der Waals surface area contributed by atoms with Crippen LogP contribution in [0.4, 0.5) is 10.3 Å². The fourth-order valence-electron chi connectivity index (χ4n) is 1.31. The van der Waals surface area contributed by atoms with Crippen LogP contribution in [-0.4, -0.2) is 29.7 Å². The molecule has 15 heavy (non-hydrogen) atoms. The Labute approximate surface area is 87.0 Å². The molecule has 2 N–H and O–H groups in total. The summed E-state index contributed by atoms with van der Waals surface area (Å²) in [5, 5.41) is 3.13. The van der Waals surface area contributed by atoms with Crippen LogP contribution in [-0.2, 0) is 0 Å². The zero-order valence-corrected chi connectivity index (χ0v) is 8.46. The third-order valence-electron chi connectivity index (χ3n) is 2.31. The van der Waals surface area contributed by atoms with E-state index >= 15 is 0 Å². The van der Waals surface area contributed by atoms with Gasteiger partial charge in [-0.3, -0.25) is 0 Å². The Hall–Kier alpha value is -1.43. The van der Waals surface area contributed by atoms with Crippen molar-refractivity contribution in [3.05, 3.63) is 12.0 Å². The molecule has 0 radical (unpaired) electrons. The zero-order valence-electron chi connectivity index (χ0n) is 8.46.